The number of hydrogen-bond donors (Lipinski definition) is 0. The number of hydrogen-bond acceptors (Lipinski definition) is 4. The van der Waals surface area contributed by atoms with Crippen molar-refractivity contribution in [1.29, 1.82) is 0 Å². The molecule has 0 saturated carbocycles. The number of fused-ring (bicyclic) bond motifs is 1. The van der Waals surface area contributed by atoms with Crippen LogP contribution in [-0.2, 0) is 15.9 Å². The molecule has 5 nitrogen and oxygen atoms in total. The number of ether oxygens (including phenoxy) is 2. The second-order valence-electron chi connectivity index (χ2n) is 8.81. The van der Waals surface area contributed by atoms with Gasteiger partial charge in [0, 0.05) is 5.39 Å². The average molecular weight is 377 g/mol. The molecule has 0 bridgehead atoms. The van der Waals surface area contributed by atoms with E-state index >= 15 is 0 Å². The Balaban J connectivity index is 2.78. The molecule has 0 atom stereocenters. The lowest BCUT2D eigenvalue weighted by atomic mass is 9.87. The summed E-state index contributed by atoms with van der Waals surface area (Å²) in [4.78, 5) is 25.3. The van der Waals surface area contributed by atoms with Gasteiger partial charge < -0.3 is 9.47 Å². The average Bonchev–Trinajstić information content (AvgIpc) is 2.83. The first-order valence-electron chi connectivity index (χ1n) is 9.07. The number of aromatic nitrogens is 1. The van der Waals surface area contributed by atoms with E-state index in [-0.39, 0.29) is 17.7 Å². The molecule has 1 aromatic carbocycles. The minimum absolute atomic E-state index is 0.0295. The van der Waals surface area contributed by atoms with Crippen LogP contribution in [0.5, 0.6) is 0 Å². The lowest BCUT2D eigenvalue weighted by Crippen LogP contribution is -2.29. The molecule has 0 radical (unpaired) electrons. The molecule has 0 unspecified atom stereocenters. The van der Waals surface area contributed by atoms with Gasteiger partial charge in [-0.25, -0.2) is 18.5 Å². The molecule has 148 valence electrons. The molecule has 0 saturated heterocycles. The number of halogens is 1. The second kappa shape index (κ2) is 7.33. The lowest BCUT2D eigenvalue weighted by molar-refractivity contribution is 0.0453. The van der Waals surface area contributed by atoms with Gasteiger partial charge in [-0.3, -0.25) is 0 Å². The van der Waals surface area contributed by atoms with Crippen molar-refractivity contribution >= 4 is 23.0 Å². The van der Waals surface area contributed by atoms with Gasteiger partial charge in [-0.15, -0.1) is 0 Å². The van der Waals surface area contributed by atoms with Crippen molar-refractivity contribution in [3.63, 3.8) is 0 Å². The molecule has 0 aliphatic heterocycles. The zero-order valence-electron chi connectivity index (χ0n) is 17.1. The summed E-state index contributed by atoms with van der Waals surface area (Å²) < 4.78 is 26.0. The van der Waals surface area contributed by atoms with Crippen molar-refractivity contribution in [3.05, 3.63) is 35.3 Å². The predicted molar refractivity (Wildman–Crippen MR) is 103 cm³/mol. The van der Waals surface area contributed by atoms with E-state index in [0.717, 1.165) is 0 Å². The van der Waals surface area contributed by atoms with Crippen LogP contribution in [-0.4, -0.2) is 28.8 Å². The van der Waals surface area contributed by atoms with E-state index in [1.54, 1.807) is 27.7 Å². The van der Waals surface area contributed by atoms with E-state index < -0.39 is 23.5 Å². The first-order valence-corrected chi connectivity index (χ1v) is 9.07. The highest BCUT2D eigenvalue weighted by atomic mass is 19.1. The maximum absolute atomic E-state index is 14.2. The molecule has 27 heavy (non-hydrogen) atoms. The number of nitrogens with zero attached hydrogens (tertiary/aromatic N) is 1. The minimum atomic E-state index is -0.746. The Labute approximate surface area is 159 Å². The Morgan fingerprint density at radius 3 is 2.22 bits per heavy atom. The quantitative estimate of drug-likeness (QED) is 0.679. The number of carbonyl (C=O) groups is 2. The summed E-state index contributed by atoms with van der Waals surface area (Å²) in [5.41, 5.74) is 0.252. The van der Waals surface area contributed by atoms with Crippen LogP contribution in [0.2, 0.25) is 0 Å². The first kappa shape index (κ1) is 20.9. The second-order valence-corrected chi connectivity index (χ2v) is 8.81. The number of rotatable bonds is 3. The fourth-order valence-corrected chi connectivity index (χ4v) is 2.95. The molecule has 1 heterocycles. The SMILES string of the molecule is CCOC(=O)c1cc2cc(F)cc(CC(C)(C)C)c2n1C(=O)OC(C)(C)C. The smallest absolute Gasteiger partial charge is 0.419 e. The van der Waals surface area contributed by atoms with Crippen LogP contribution in [0.1, 0.15) is 64.5 Å². The molecule has 1 aromatic heterocycles. The summed E-state index contributed by atoms with van der Waals surface area (Å²) in [5, 5.41) is 0.461. The maximum atomic E-state index is 14.2. The summed E-state index contributed by atoms with van der Waals surface area (Å²) >= 11 is 0. The van der Waals surface area contributed by atoms with E-state index in [1.165, 1.54) is 22.8 Å². The van der Waals surface area contributed by atoms with Gasteiger partial charge in [-0.1, -0.05) is 20.8 Å². The molecule has 0 aliphatic rings. The molecular formula is C21H28FNO4. The normalized spacial score (nSPS) is 12.3. The van der Waals surface area contributed by atoms with Crippen LogP contribution in [0.4, 0.5) is 9.18 Å². The van der Waals surface area contributed by atoms with Crippen LogP contribution in [0.3, 0.4) is 0 Å². The maximum Gasteiger partial charge on any atom is 0.419 e. The van der Waals surface area contributed by atoms with Gasteiger partial charge >= 0.3 is 12.1 Å². The fraction of sp³-hybridized carbons (Fsp3) is 0.524. The van der Waals surface area contributed by atoms with Crippen LogP contribution in [0.15, 0.2) is 18.2 Å². The number of carbonyl (C=O) groups excluding carboxylic acids is 2. The monoisotopic (exact) mass is 377 g/mol. The number of esters is 1. The summed E-state index contributed by atoms with van der Waals surface area (Å²) in [5.74, 6) is -1.07. The van der Waals surface area contributed by atoms with Gasteiger partial charge in [0.15, 0.2) is 0 Å². The van der Waals surface area contributed by atoms with Gasteiger partial charge in [0.25, 0.3) is 0 Å². The number of benzene rings is 1. The zero-order chi connectivity index (χ0) is 20.6. The minimum Gasteiger partial charge on any atom is -0.461 e. The van der Waals surface area contributed by atoms with E-state index in [1.807, 2.05) is 20.8 Å². The van der Waals surface area contributed by atoms with E-state index in [4.69, 9.17) is 9.47 Å². The highest BCUT2D eigenvalue weighted by Crippen LogP contribution is 2.31. The van der Waals surface area contributed by atoms with Crippen LogP contribution < -0.4 is 0 Å². The molecule has 2 aromatic rings. The van der Waals surface area contributed by atoms with Crippen molar-refractivity contribution in [1.82, 2.24) is 4.57 Å². The van der Waals surface area contributed by atoms with Crippen LogP contribution in [0.25, 0.3) is 10.9 Å². The summed E-state index contributed by atoms with van der Waals surface area (Å²) in [7, 11) is 0. The third-order valence-corrected chi connectivity index (χ3v) is 3.72. The lowest BCUT2D eigenvalue weighted by Gasteiger charge is -2.22. The largest absolute Gasteiger partial charge is 0.461 e. The third-order valence-electron chi connectivity index (χ3n) is 3.72. The van der Waals surface area contributed by atoms with Crippen molar-refractivity contribution in [2.24, 2.45) is 5.41 Å². The van der Waals surface area contributed by atoms with E-state index in [0.29, 0.717) is 22.9 Å². The summed E-state index contributed by atoms with van der Waals surface area (Å²) in [6.45, 7) is 13.2. The van der Waals surface area contributed by atoms with Gasteiger partial charge in [-0.05, 0) is 63.3 Å². The van der Waals surface area contributed by atoms with Crippen LogP contribution in [0, 0.1) is 11.2 Å². The van der Waals surface area contributed by atoms with E-state index in [2.05, 4.69) is 0 Å². The van der Waals surface area contributed by atoms with Gasteiger partial charge in [0.1, 0.15) is 17.1 Å². The fourth-order valence-electron chi connectivity index (χ4n) is 2.95. The standard InChI is InChI=1S/C21H28FNO4/c1-8-26-18(24)16-11-13-9-15(22)10-14(12-20(2,3)4)17(13)23(16)19(25)27-21(5,6)7/h9-11H,8,12H2,1-7H3. The Bertz CT molecular complexity index is 869. The van der Waals surface area contributed by atoms with Crippen LogP contribution >= 0.6 is 0 Å². The van der Waals surface area contributed by atoms with E-state index in [9.17, 15) is 14.0 Å². The summed E-state index contributed by atoms with van der Waals surface area (Å²) in [6.07, 6.45) is -0.168. The van der Waals surface area contributed by atoms with Crippen molar-refractivity contribution in [2.45, 2.75) is 60.5 Å². The van der Waals surface area contributed by atoms with Crippen molar-refractivity contribution in [2.75, 3.05) is 6.61 Å². The first-order chi connectivity index (χ1) is 12.3. The topological polar surface area (TPSA) is 57.5 Å². The predicted octanol–water partition coefficient (Wildman–Crippen LogP) is 5.33. The van der Waals surface area contributed by atoms with Crippen molar-refractivity contribution < 1.29 is 23.5 Å². The Hall–Kier alpha value is -2.37. The third kappa shape index (κ3) is 5.08. The highest BCUT2D eigenvalue weighted by molar-refractivity contribution is 6.02. The molecule has 6 heteroatoms. The molecule has 0 N–H and O–H groups in total. The molecule has 0 amide bonds. The van der Waals surface area contributed by atoms with Gasteiger partial charge in [0.2, 0.25) is 0 Å². The Morgan fingerprint density at radius 1 is 1.07 bits per heavy atom. The summed E-state index contributed by atoms with van der Waals surface area (Å²) in [6, 6.07) is 4.20. The molecule has 0 fully saturated rings. The zero-order valence-corrected chi connectivity index (χ0v) is 17.1. The molecular weight excluding hydrogens is 349 g/mol. The highest BCUT2D eigenvalue weighted by Gasteiger charge is 2.28. The molecule has 0 aliphatic carbocycles. The molecule has 0 spiro atoms. The van der Waals surface area contributed by atoms with Gasteiger partial charge in [0.05, 0.1) is 12.1 Å². The Morgan fingerprint density at radius 2 is 1.70 bits per heavy atom. The Kier molecular flexibility index (Phi) is 5.68. The van der Waals surface area contributed by atoms with Gasteiger partial charge in [-0.2, -0.15) is 0 Å². The van der Waals surface area contributed by atoms with Crippen molar-refractivity contribution in [3.8, 4) is 0 Å². The molecule has 2 rings (SSSR count).